The van der Waals surface area contributed by atoms with Gasteiger partial charge in [0, 0.05) is 6.54 Å². The van der Waals surface area contributed by atoms with Crippen molar-refractivity contribution in [1.29, 1.82) is 0 Å². The van der Waals surface area contributed by atoms with Crippen molar-refractivity contribution in [2.45, 2.75) is 6.42 Å². The van der Waals surface area contributed by atoms with Crippen molar-refractivity contribution in [3.8, 4) is 0 Å². The maximum Gasteiger partial charge on any atom is 0.309 e. The Morgan fingerprint density at radius 2 is 2.15 bits per heavy atom. The van der Waals surface area contributed by atoms with Crippen molar-refractivity contribution < 1.29 is 19.4 Å². The smallest absolute Gasteiger partial charge is 0.309 e. The lowest BCUT2D eigenvalue weighted by atomic mass is 9.86. The predicted octanol–water partition coefficient (Wildman–Crippen LogP) is -0.530. The molecule has 1 saturated heterocycles. The zero-order chi connectivity index (χ0) is 9.84. The van der Waals surface area contributed by atoms with E-state index in [1.54, 1.807) is 0 Å². The number of esters is 1. The van der Waals surface area contributed by atoms with Gasteiger partial charge in [0.25, 0.3) is 0 Å². The van der Waals surface area contributed by atoms with Gasteiger partial charge >= 0.3 is 11.9 Å². The number of piperidine rings is 1. The van der Waals surface area contributed by atoms with E-state index in [-0.39, 0.29) is 0 Å². The number of carbonyl (C=O) groups excluding carboxylic acids is 1. The summed E-state index contributed by atoms with van der Waals surface area (Å²) in [6.45, 7) is 1.01. The minimum absolute atomic E-state index is 0.342. The normalized spacial score (nSPS) is 28.1. The summed E-state index contributed by atoms with van der Waals surface area (Å²) in [4.78, 5) is 21.9. The Bertz CT molecular complexity index is 216. The van der Waals surface area contributed by atoms with Crippen LogP contribution in [-0.2, 0) is 14.3 Å². The summed E-state index contributed by atoms with van der Waals surface area (Å²) < 4.78 is 4.54. The number of nitrogens with one attached hydrogen (secondary N) is 1. The summed E-state index contributed by atoms with van der Waals surface area (Å²) in [5.41, 5.74) is 0. The molecule has 1 fully saturated rings. The molecule has 0 saturated carbocycles. The number of hydrogen-bond acceptors (Lipinski definition) is 4. The second-order valence-corrected chi connectivity index (χ2v) is 3.07. The van der Waals surface area contributed by atoms with Gasteiger partial charge in [-0.15, -0.1) is 0 Å². The highest BCUT2D eigenvalue weighted by molar-refractivity contribution is 5.81. The Morgan fingerprint density at radius 1 is 1.46 bits per heavy atom. The first-order valence-corrected chi connectivity index (χ1v) is 4.18. The van der Waals surface area contributed by atoms with Gasteiger partial charge in [-0.1, -0.05) is 0 Å². The third-order valence-electron chi connectivity index (χ3n) is 2.30. The van der Waals surface area contributed by atoms with E-state index in [0.29, 0.717) is 19.5 Å². The van der Waals surface area contributed by atoms with Gasteiger partial charge in [-0.25, -0.2) is 0 Å². The molecule has 1 aliphatic heterocycles. The Hall–Kier alpha value is -1.10. The molecule has 0 radical (unpaired) electrons. The zero-order valence-corrected chi connectivity index (χ0v) is 7.45. The molecular formula is C8H13NO4. The third kappa shape index (κ3) is 2.18. The number of methoxy groups -OCH3 is 1. The van der Waals surface area contributed by atoms with E-state index in [9.17, 15) is 9.59 Å². The quantitative estimate of drug-likeness (QED) is 0.568. The Kier molecular flexibility index (Phi) is 3.25. The van der Waals surface area contributed by atoms with E-state index in [0.717, 1.165) is 0 Å². The van der Waals surface area contributed by atoms with Crippen LogP contribution in [0.4, 0.5) is 0 Å². The van der Waals surface area contributed by atoms with Crippen molar-refractivity contribution in [2.75, 3.05) is 20.2 Å². The first-order chi connectivity index (χ1) is 6.16. The monoisotopic (exact) mass is 187 g/mol. The van der Waals surface area contributed by atoms with Crippen LogP contribution in [0.5, 0.6) is 0 Å². The lowest BCUT2D eigenvalue weighted by Crippen LogP contribution is -2.44. The predicted molar refractivity (Wildman–Crippen MR) is 44.1 cm³/mol. The van der Waals surface area contributed by atoms with Gasteiger partial charge < -0.3 is 15.2 Å². The Balaban J connectivity index is 2.67. The minimum atomic E-state index is -0.942. The molecule has 74 valence electrons. The van der Waals surface area contributed by atoms with Gasteiger partial charge in [0.05, 0.1) is 18.9 Å². The highest BCUT2D eigenvalue weighted by Gasteiger charge is 2.36. The molecule has 0 unspecified atom stereocenters. The van der Waals surface area contributed by atoms with Crippen molar-refractivity contribution in [1.82, 2.24) is 5.32 Å². The maximum atomic E-state index is 11.2. The van der Waals surface area contributed by atoms with Crippen LogP contribution < -0.4 is 5.32 Å². The third-order valence-corrected chi connectivity index (χ3v) is 2.30. The van der Waals surface area contributed by atoms with Crippen molar-refractivity contribution in [3.05, 3.63) is 0 Å². The molecule has 1 rings (SSSR count). The molecule has 13 heavy (non-hydrogen) atoms. The largest absolute Gasteiger partial charge is 0.481 e. The number of hydrogen-bond donors (Lipinski definition) is 2. The second kappa shape index (κ2) is 4.23. The van der Waals surface area contributed by atoms with Crippen molar-refractivity contribution in [3.63, 3.8) is 0 Å². The first-order valence-electron chi connectivity index (χ1n) is 4.18. The van der Waals surface area contributed by atoms with Crippen molar-refractivity contribution in [2.24, 2.45) is 11.8 Å². The summed E-state index contributed by atoms with van der Waals surface area (Å²) in [6, 6.07) is 0. The van der Waals surface area contributed by atoms with Gasteiger partial charge in [-0.2, -0.15) is 0 Å². The number of ether oxygens (including phenoxy) is 1. The Labute approximate surface area is 76.1 Å². The van der Waals surface area contributed by atoms with E-state index < -0.39 is 23.8 Å². The Morgan fingerprint density at radius 3 is 2.69 bits per heavy atom. The van der Waals surface area contributed by atoms with E-state index in [4.69, 9.17) is 5.11 Å². The molecule has 0 aromatic carbocycles. The fourth-order valence-electron chi connectivity index (χ4n) is 1.55. The van der Waals surface area contributed by atoms with Crippen LogP contribution >= 0.6 is 0 Å². The van der Waals surface area contributed by atoms with Gasteiger partial charge in [0.1, 0.15) is 0 Å². The van der Waals surface area contributed by atoms with Crippen LogP contribution in [0.1, 0.15) is 6.42 Å². The summed E-state index contributed by atoms with van der Waals surface area (Å²) in [5.74, 6) is -2.51. The molecule has 5 nitrogen and oxygen atoms in total. The van der Waals surface area contributed by atoms with Crippen LogP contribution in [0.15, 0.2) is 0 Å². The number of carboxylic acid groups (broad SMARTS) is 1. The van der Waals surface area contributed by atoms with E-state index in [1.807, 2.05) is 0 Å². The van der Waals surface area contributed by atoms with Crippen molar-refractivity contribution >= 4 is 11.9 Å². The van der Waals surface area contributed by atoms with Gasteiger partial charge in [-0.3, -0.25) is 9.59 Å². The van der Waals surface area contributed by atoms with E-state index >= 15 is 0 Å². The highest BCUT2D eigenvalue weighted by atomic mass is 16.5. The molecule has 0 spiro atoms. The zero-order valence-electron chi connectivity index (χ0n) is 7.45. The summed E-state index contributed by atoms with van der Waals surface area (Å²) in [6.07, 6.45) is 0.531. The van der Waals surface area contributed by atoms with Gasteiger partial charge in [-0.05, 0) is 13.0 Å². The average Bonchev–Trinajstić information content (AvgIpc) is 2.16. The van der Waals surface area contributed by atoms with Crippen LogP contribution in [0.3, 0.4) is 0 Å². The maximum absolute atomic E-state index is 11.2. The van der Waals surface area contributed by atoms with E-state index in [1.165, 1.54) is 7.11 Å². The van der Waals surface area contributed by atoms with Crippen LogP contribution in [-0.4, -0.2) is 37.2 Å². The summed E-state index contributed by atoms with van der Waals surface area (Å²) >= 11 is 0. The topological polar surface area (TPSA) is 75.6 Å². The van der Waals surface area contributed by atoms with Crippen LogP contribution in [0, 0.1) is 11.8 Å². The number of carbonyl (C=O) groups is 2. The van der Waals surface area contributed by atoms with Gasteiger partial charge in [0.2, 0.25) is 0 Å². The number of aliphatic carboxylic acids is 1. The molecule has 5 heteroatoms. The second-order valence-electron chi connectivity index (χ2n) is 3.07. The molecule has 1 heterocycles. The highest BCUT2D eigenvalue weighted by Crippen LogP contribution is 2.20. The van der Waals surface area contributed by atoms with Gasteiger partial charge in [0.15, 0.2) is 0 Å². The number of rotatable bonds is 2. The molecule has 0 aliphatic carbocycles. The minimum Gasteiger partial charge on any atom is -0.481 e. The molecule has 0 aromatic heterocycles. The molecule has 0 aromatic rings. The molecule has 0 amide bonds. The van der Waals surface area contributed by atoms with Crippen LogP contribution in [0.25, 0.3) is 0 Å². The molecular weight excluding hydrogens is 174 g/mol. The van der Waals surface area contributed by atoms with E-state index in [2.05, 4.69) is 10.1 Å². The summed E-state index contributed by atoms with van der Waals surface area (Å²) in [7, 11) is 1.28. The molecule has 0 bridgehead atoms. The first kappa shape index (κ1) is 9.98. The fourth-order valence-corrected chi connectivity index (χ4v) is 1.55. The standard InChI is InChI=1S/C8H13NO4/c1-13-8(12)5-2-3-9-4-6(5)7(10)11/h5-6,9H,2-4H2,1H3,(H,10,11)/t5-,6+/m0/s1. The fraction of sp³-hybridized carbons (Fsp3) is 0.750. The molecule has 2 atom stereocenters. The lowest BCUT2D eigenvalue weighted by molar-refractivity contribution is -0.156. The average molecular weight is 187 g/mol. The molecule has 1 aliphatic rings. The SMILES string of the molecule is COC(=O)[C@H]1CCNC[C@H]1C(=O)O. The summed E-state index contributed by atoms with van der Waals surface area (Å²) in [5, 5.41) is 11.7. The molecule has 2 N–H and O–H groups in total. The van der Waals surface area contributed by atoms with Crippen LogP contribution in [0.2, 0.25) is 0 Å². The lowest BCUT2D eigenvalue weighted by Gasteiger charge is -2.26. The number of carboxylic acids is 1.